The van der Waals surface area contributed by atoms with Crippen molar-refractivity contribution in [3.63, 3.8) is 0 Å². The third-order valence-electron chi connectivity index (χ3n) is 2.76. The van der Waals surface area contributed by atoms with E-state index in [2.05, 4.69) is 10.3 Å². The van der Waals surface area contributed by atoms with E-state index in [9.17, 15) is 4.79 Å². The minimum Gasteiger partial charge on any atom is -0.354 e. The summed E-state index contributed by atoms with van der Waals surface area (Å²) in [5, 5.41) is 2.66. The molecule has 1 atom stereocenters. The molecular weight excluding hydrogens is 224 g/mol. The van der Waals surface area contributed by atoms with E-state index >= 15 is 0 Å². The molecule has 0 aliphatic rings. The van der Waals surface area contributed by atoms with E-state index in [1.165, 1.54) is 0 Å². The Balaban J connectivity index is 3.06. The molecule has 0 saturated carbocycles. The normalized spacial score (nSPS) is 14.2. The second-order valence-corrected chi connectivity index (χ2v) is 5.39. The lowest BCUT2D eigenvalue weighted by Gasteiger charge is -2.22. The van der Waals surface area contributed by atoms with Crippen molar-refractivity contribution in [2.75, 3.05) is 7.05 Å². The van der Waals surface area contributed by atoms with Crippen LogP contribution in [0.25, 0.3) is 0 Å². The summed E-state index contributed by atoms with van der Waals surface area (Å²) >= 11 is 0. The standard InChI is InChI=1S/C15H22N2O/c1-11(12-9-7-6-8-10-12)17-13(14(18)16-5)15(2,3)4/h6-11H,1-5H3,(H,16,18)/t11-/m0/s1. The number of benzene rings is 1. The predicted octanol–water partition coefficient (Wildman–Crippen LogP) is 2.98. The average Bonchev–Trinajstić information content (AvgIpc) is 2.34. The molecule has 0 bridgehead atoms. The molecular formula is C15H22N2O. The molecule has 0 radical (unpaired) electrons. The highest BCUT2D eigenvalue weighted by Gasteiger charge is 2.25. The van der Waals surface area contributed by atoms with Crippen LogP contribution in [0.3, 0.4) is 0 Å². The van der Waals surface area contributed by atoms with Gasteiger partial charge in [-0.2, -0.15) is 0 Å². The van der Waals surface area contributed by atoms with Crippen molar-refractivity contribution >= 4 is 11.6 Å². The number of hydrogen-bond donors (Lipinski definition) is 1. The molecule has 1 aromatic carbocycles. The van der Waals surface area contributed by atoms with Gasteiger partial charge in [0.15, 0.2) is 0 Å². The van der Waals surface area contributed by atoms with Gasteiger partial charge >= 0.3 is 0 Å². The van der Waals surface area contributed by atoms with Crippen molar-refractivity contribution in [2.45, 2.75) is 33.7 Å². The number of nitrogens with one attached hydrogen (secondary N) is 1. The number of carbonyl (C=O) groups excluding carboxylic acids is 1. The number of nitrogens with zero attached hydrogens (tertiary/aromatic N) is 1. The van der Waals surface area contributed by atoms with Gasteiger partial charge in [0.2, 0.25) is 0 Å². The Morgan fingerprint density at radius 3 is 2.22 bits per heavy atom. The minimum absolute atomic E-state index is 0.0160. The molecule has 1 N–H and O–H groups in total. The van der Waals surface area contributed by atoms with Gasteiger partial charge in [-0.05, 0) is 12.5 Å². The van der Waals surface area contributed by atoms with Crippen LogP contribution in [0.2, 0.25) is 0 Å². The SMILES string of the molecule is CNC(=O)C(=N[C@@H](C)c1ccccc1)C(C)(C)C. The van der Waals surface area contributed by atoms with Gasteiger partial charge in [-0.15, -0.1) is 0 Å². The monoisotopic (exact) mass is 246 g/mol. The molecule has 1 rings (SSSR count). The maximum atomic E-state index is 11.9. The van der Waals surface area contributed by atoms with Crippen LogP contribution in [-0.2, 0) is 4.79 Å². The van der Waals surface area contributed by atoms with Gasteiger partial charge in [0.25, 0.3) is 5.91 Å². The van der Waals surface area contributed by atoms with Crippen LogP contribution >= 0.6 is 0 Å². The Hall–Kier alpha value is -1.64. The molecule has 1 amide bonds. The zero-order valence-corrected chi connectivity index (χ0v) is 11.8. The van der Waals surface area contributed by atoms with Crippen molar-refractivity contribution in [3.8, 4) is 0 Å². The number of aliphatic imine (C=N–C) groups is 1. The van der Waals surface area contributed by atoms with Crippen molar-refractivity contribution < 1.29 is 4.79 Å². The Morgan fingerprint density at radius 1 is 1.22 bits per heavy atom. The van der Waals surface area contributed by atoms with Gasteiger partial charge in [0.05, 0.1) is 6.04 Å². The van der Waals surface area contributed by atoms with E-state index in [1.807, 2.05) is 58.0 Å². The van der Waals surface area contributed by atoms with E-state index in [1.54, 1.807) is 7.05 Å². The summed E-state index contributed by atoms with van der Waals surface area (Å²) in [6.07, 6.45) is 0. The van der Waals surface area contributed by atoms with Gasteiger partial charge in [-0.3, -0.25) is 9.79 Å². The fraction of sp³-hybridized carbons (Fsp3) is 0.467. The zero-order chi connectivity index (χ0) is 13.8. The largest absolute Gasteiger partial charge is 0.354 e. The van der Waals surface area contributed by atoms with Crippen molar-refractivity contribution in [1.29, 1.82) is 0 Å². The topological polar surface area (TPSA) is 41.5 Å². The van der Waals surface area contributed by atoms with Crippen LogP contribution in [-0.4, -0.2) is 18.7 Å². The van der Waals surface area contributed by atoms with E-state index in [0.29, 0.717) is 5.71 Å². The van der Waals surface area contributed by atoms with Gasteiger partial charge in [-0.1, -0.05) is 51.1 Å². The second kappa shape index (κ2) is 5.80. The van der Waals surface area contributed by atoms with Crippen LogP contribution in [0.1, 0.15) is 39.3 Å². The first-order chi connectivity index (χ1) is 8.36. The molecule has 18 heavy (non-hydrogen) atoms. The minimum atomic E-state index is -0.261. The summed E-state index contributed by atoms with van der Waals surface area (Å²) in [4.78, 5) is 16.5. The number of hydrogen-bond acceptors (Lipinski definition) is 2. The maximum Gasteiger partial charge on any atom is 0.265 e. The van der Waals surface area contributed by atoms with Gasteiger partial charge < -0.3 is 5.32 Å². The number of carbonyl (C=O) groups is 1. The molecule has 0 heterocycles. The van der Waals surface area contributed by atoms with E-state index in [4.69, 9.17) is 0 Å². The van der Waals surface area contributed by atoms with Crippen LogP contribution in [0.4, 0.5) is 0 Å². The highest BCUT2D eigenvalue weighted by atomic mass is 16.1. The molecule has 98 valence electrons. The average molecular weight is 246 g/mol. The summed E-state index contributed by atoms with van der Waals surface area (Å²) in [5.41, 5.74) is 1.44. The van der Waals surface area contributed by atoms with Crippen LogP contribution in [0.15, 0.2) is 35.3 Å². The maximum absolute atomic E-state index is 11.9. The Kier molecular flexibility index (Phi) is 4.65. The first kappa shape index (κ1) is 14.4. The summed E-state index contributed by atoms with van der Waals surface area (Å²) < 4.78 is 0. The van der Waals surface area contributed by atoms with Crippen molar-refractivity contribution in [3.05, 3.63) is 35.9 Å². The Bertz CT molecular complexity index is 430. The van der Waals surface area contributed by atoms with E-state index in [-0.39, 0.29) is 17.4 Å². The summed E-state index contributed by atoms with van der Waals surface area (Å²) in [6, 6.07) is 9.98. The van der Waals surface area contributed by atoms with Gasteiger partial charge in [0, 0.05) is 12.5 Å². The summed E-state index contributed by atoms with van der Waals surface area (Å²) in [6.45, 7) is 8.00. The summed E-state index contributed by atoms with van der Waals surface area (Å²) in [7, 11) is 1.64. The molecule has 0 spiro atoms. The molecule has 0 fully saturated rings. The fourth-order valence-corrected chi connectivity index (χ4v) is 1.71. The van der Waals surface area contributed by atoms with Crippen molar-refractivity contribution in [1.82, 2.24) is 5.32 Å². The third-order valence-corrected chi connectivity index (χ3v) is 2.76. The molecule has 3 nitrogen and oxygen atoms in total. The highest BCUT2D eigenvalue weighted by molar-refractivity contribution is 6.40. The molecule has 0 aliphatic carbocycles. The first-order valence-corrected chi connectivity index (χ1v) is 6.21. The van der Waals surface area contributed by atoms with Gasteiger partial charge in [-0.25, -0.2) is 0 Å². The highest BCUT2D eigenvalue weighted by Crippen LogP contribution is 2.22. The van der Waals surface area contributed by atoms with E-state index < -0.39 is 0 Å². The Morgan fingerprint density at radius 2 is 1.78 bits per heavy atom. The third kappa shape index (κ3) is 3.69. The summed E-state index contributed by atoms with van der Waals surface area (Å²) in [5.74, 6) is -0.106. The van der Waals surface area contributed by atoms with Crippen LogP contribution in [0.5, 0.6) is 0 Å². The predicted molar refractivity (Wildman–Crippen MR) is 75.8 cm³/mol. The van der Waals surface area contributed by atoms with E-state index in [0.717, 1.165) is 5.56 Å². The molecule has 1 aromatic rings. The fourth-order valence-electron chi connectivity index (χ4n) is 1.71. The molecule has 0 unspecified atom stereocenters. The molecule has 0 aromatic heterocycles. The lowest BCUT2D eigenvalue weighted by Crippen LogP contribution is -2.37. The molecule has 0 aliphatic heterocycles. The van der Waals surface area contributed by atoms with Gasteiger partial charge in [0.1, 0.15) is 5.71 Å². The van der Waals surface area contributed by atoms with Crippen molar-refractivity contribution in [2.24, 2.45) is 10.4 Å². The second-order valence-electron chi connectivity index (χ2n) is 5.39. The molecule has 3 heteroatoms. The zero-order valence-electron chi connectivity index (χ0n) is 11.8. The quantitative estimate of drug-likeness (QED) is 0.818. The lowest BCUT2D eigenvalue weighted by atomic mass is 9.89. The Labute approximate surface area is 109 Å². The first-order valence-electron chi connectivity index (χ1n) is 6.21. The lowest BCUT2D eigenvalue weighted by molar-refractivity contribution is -0.114. The smallest absolute Gasteiger partial charge is 0.265 e. The molecule has 0 saturated heterocycles. The van der Waals surface area contributed by atoms with Crippen LogP contribution < -0.4 is 5.32 Å². The van der Waals surface area contributed by atoms with Crippen LogP contribution in [0, 0.1) is 5.41 Å². The number of rotatable bonds is 3. The number of amides is 1.